The Morgan fingerprint density at radius 1 is 1.20 bits per heavy atom. The lowest BCUT2D eigenvalue weighted by atomic mass is 10.2. The highest BCUT2D eigenvalue weighted by Crippen LogP contribution is 2.28. The molecule has 0 N–H and O–H groups in total. The van der Waals surface area contributed by atoms with E-state index < -0.39 is 17.0 Å². The van der Waals surface area contributed by atoms with Crippen LogP contribution in [0.3, 0.4) is 0 Å². The van der Waals surface area contributed by atoms with Crippen molar-refractivity contribution in [3.05, 3.63) is 54.1 Å². The summed E-state index contributed by atoms with van der Waals surface area (Å²) in [4.78, 5) is 8.36. The molecular formula is C14H10ClF2N3. The van der Waals surface area contributed by atoms with Crippen LogP contribution in [0.5, 0.6) is 0 Å². The van der Waals surface area contributed by atoms with Gasteiger partial charge in [0.2, 0.25) is 0 Å². The van der Waals surface area contributed by atoms with Crippen LogP contribution in [0.4, 0.5) is 8.78 Å². The maximum absolute atomic E-state index is 13.4. The third-order valence-corrected chi connectivity index (χ3v) is 3.14. The summed E-state index contributed by atoms with van der Waals surface area (Å²) in [5.41, 5.74) is 1.67. The number of nitrogens with zero attached hydrogens (tertiary/aromatic N) is 3. The van der Waals surface area contributed by atoms with Gasteiger partial charge in [0.05, 0.1) is 22.8 Å². The van der Waals surface area contributed by atoms with E-state index in [4.69, 9.17) is 11.6 Å². The number of benzene rings is 1. The minimum atomic E-state index is -0.649. The summed E-state index contributed by atoms with van der Waals surface area (Å²) in [6.45, 7) is 1.75. The molecule has 1 unspecified atom stereocenters. The normalized spacial score (nSPS) is 12.8. The number of aromatic nitrogens is 3. The average Bonchev–Trinajstić information content (AvgIpc) is 2.77. The number of imidazole rings is 1. The van der Waals surface area contributed by atoms with Crippen LogP contribution in [0.2, 0.25) is 0 Å². The van der Waals surface area contributed by atoms with Crippen LogP contribution in [-0.4, -0.2) is 14.5 Å². The highest BCUT2D eigenvalue weighted by atomic mass is 35.5. The van der Waals surface area contributed by atoms with Crippen molar-refractivity contribution in [2.75, 3.05) is 0 Å². The first-order valence-electron chi connectivity index (χ1n) is 5.99. The molecule has 6 heteroatoms. The van der Waals surface area contributed by atoms with Crippen LogP contribution < -0.4 is 0 Å². The first-order chi connectivity index (χ1) is 9.56. The van der Waals surface area contributed by atoms with Gasteiger partial charge < -0.3 is 0 Å². The summed E-state index contributed by atoms with van der Waals surface area (Å²) in [5, 5.41) is -0.409. The maximum atomic E-state index is 13.4. The molecule has 2 heterocycles. The molecular weight excluding hydrogens is 284 g/mol. The second-order valence-electron chi connectivity index (χ2n) is 4.41. The average molecular weight is 294 g/mol. The lowest BCUT2D eigenvalue weighted by Crippen LogP contribution is -2.03. The molecule has 20 heavy (non-hydrogen) atoms. The maximum Gasteiger partial charge on any atom is 0.132 e. The predicted octanol–water partition coefficient (Wildman–Crippen LogP) is 4.00. The van der Waals surface area contributed by atoms with E-state index in [0.29, 0.717) is 22.5 Å². The fourth-order valence-electron chi connectivity index (χ4n) is 2.16. The zero-order valence-electron chi connectivity index (χ0n) is 10.5. The van der Waals surface area contributed by atoms with Gasteiger partial charge in [-0.3, -0.25) is 9.55 Å². The molecule has 0 aliphatic carbocycles. The van der Waals surface area contributed by atoms with Gasteiger partial charge in [-0.2, -0.15) is 0 Å². The Morgan fingerprint density at radius 3 is 2.55 bits per heavy atom. The minimum absolute atomic E-state index is 0.346. The van der Waals surface area contributed by atoms with E-state index in [-0.39, 0.29) is 0 Å². The Labute approximate surface area is 118 Å². The number of fused-ring (bicyclic) bond motifs is 1. The van der Waals surface area contributed by atoms with E-state index in [1.807, 2.05) is 0 Å². The summed E-state index contributed by atoms with van der Waals surface area (Å²) >= 11 is 6.12. The molecule has 0 aliphatic heterocycles. The Morgan fingerprint density at radius 2 is 1.90 bits per heavy atom. The van der Waals surface area contributed by atoms with Crippen LogP contribution in [0, 0.1) is 11.6 Å². The number of hydrogen-bond acceptors (Lipinski definition) is 2. The Bertz CT molecular complexity index is 763. The number of alkyl halides is 1. The first-order valence-corrected chi connectivity index (χ1v) is 6.43. The SMILES string of the molecule is CC(Cl)c1nc2cnccc2n1-c1cc(F)cc(F)c1. The van der Waals surface area contributed by atoms with E-state index in [1.165, 1.54) is 12.1 Å². The molecule has 0 saturated heterocycles. The largest absolute Gasteiger partial charge is 0.295 e. The summed E-state index contributed by atoms with van der Waals surface area (Å²) in [6, 6.07) is 5.04. The van der Waals surface area contributed by atoms with Gasteiger partial charge in [-0.15, -0.1) is 11.6 Å². The second kappa shape index (κ2) is 4.83. The number of pyridine rings is 1. The van der Waals surface area contributed by atoms with Gasteiger partial charge in [-0.05, 0) is 25.1 Å². The molecule has 2 aromatic heterocycles. The molecule has 102 valence electrons. The minimum Gasteiger partial charge on any atom is -0.295 e. The second-order valence-corrected chi connectivity index (χ2v) is 5.07. The Kier molecular flexibility index (Phi) is 3.14. The van der Waals surface area contributed by atoms with Gasteiger partial charge in [-0.25, -0.2) is 13.8 Å². The zero-order valence-corrected chi connectivity index (χ0v) is 11.3. The fourth-order valence-corrected chi connectivity index (χ4v) is 2.30. The molecule has 0 spiro atoms. The van der Waals surface area contributed by atoms with E-state index in [1.54, 1.807) is 30.0 Å². The molecule has 0 fully saturated rings. The van der Waals surface area contributed by atoms with Gasteiger partial charge in [0, 0.05) is 12.3 Å². The van der Waals surface area contributed by atoms with Gasteiger partial charge in [-0.1, -0.05) is 0 Å². The lowest BCUT2D eigenvalue weighted by molar-refractivity contribution is 0.581. The Hall–Kier alpha value is -2.01. The molecule has 1 aromatic carbocycles. The van der Waals surface area contributed by atoms with Crippen molar-refractivity contribution in [1.29, 1.82) is 0 Å². The van der Waals surface area contributed by atoms with Crippen LogP contribution in [-0.2, 0) is 0 Å². The zero-order chi connectivity index (χ0) is 14.3. The monoisotopic (exact) mass is 293 g/mol. The summed E-state index contributed by atoms with van der Waals surface area (Å²) in [7, 11) is 0. The summed E-state index contributed by atoms with van der Waals surface area (Å²) in [5.74, 6) is -0.784. The van der Waals surface area contributed by atoms with Crippen LogP contribution in [0.15, 0.2) is 36.7 Å². The quantitative estimate of drug-likeness (QED) is 0.669. The standard InChI is InChI=1S/C14H10ClF2N3/c1-8(15)14-19-12-7-18-3-2-13(12)20(14)11-5-9(16)4-10(17)6-11/h2-8H,1H3. The number of halogens is 3. The van der Waals surface area contributed by atoms with Crippen molar-refractivity contribution in [3.8, 4) is 5.69 Å². The van der Waals surface area contributed by atoms with Gasteiger partial charge in [0.25, 0.3) is 0 Å². The highest BCUT2D eigenvalue weighted by Gasteiger charge is 2.17. The molecule has 1 atom stereocenters. The topological polar surface area (TPSA) is 30.7 Å². The van der Waals surface area contributed by atoms with Crippen molar-refractivity contribution in [1.82, 2.24) is 14.5 Å². The molecule has 0 aliphatic rings. The molecule has 0 saturated carbocycles. The van der Waals surface area contributed by atoms with Gasteiger partial charge in [0.1, 0.15) is 23.0 Å². The van der Waals surface area contributed by atoms with Crippen LogP contribution in [0.25, 0.3) is 16.7 Å². The molecule has 0 bridgehead atoms. The molecule has 3 rings (SSSR count). The van der Waals surface area contributed by atoms with Crippen LogP contribution in [0.1, 0.15) is 18.1 Å². The van der Waals surface area contributed by atoms with Crippen molar-refractivity contribution < 1.29 is 8.78 Å². The van der Waals surface area contributed by atoms with Gasteiger partial charge in [0.15, 0.2) is 0 Å². The summed E-state index contributed by atoms with van der Waals surface area (Å²) in [6.07, 6.45) is 3.18. The van der Waals surface area contributed by atoms with Crippen molar-refractivity contribution >= 4 is 22.6 Å². The number of hydrogen-bond donors (Lipinski definition) is 0. The fraction of sp³-hybridized carbons (Fsp3) is 0.143. The van der Waals surface area contributed by atoms with Crippen molar-refractivity contribution in [2.45, 2.75) is 12.3 Å². The predicted molar refractivity (Wildman–Crippen MR) is 73.0 cm³/mol. The summed E-state index contributed by atoms with van der Waals surface area (Å²) < 4.78 is 28.5. The van der Waals surface area contributed by atoms with Gasteiger partial charge >= 0.3 is 0 Å². The lowest BCUT2D eigenvalue weighted by Gasteiger charge is -2.10. The third kappa shape index (κ3) is 2.14. The van der Waals surface area contributed by atoms with E-state index in [2.05, 4.69) is 9.97 Å². The van der Waals surface area contributed by atoms with Crippen LogP contribution >= 0.6 is 11.6 Å². The molecule has 3 aromatic rings. The van der Waals surface area contributed by atoms with E-state index in [9.17, 15) is 8.78 Å². The highest BCUT2D eigenvalue weighted by molar-refractivity contribution is 6.20. The Balaban J connectivity index is 2.36. The third-order valence-electron chi connectivity index (χ3n) is 2.94. The molecule has 0 radical (unpaired) electrons. The van der Waals surface area contributed by atoms with Crippen molar-refractivity contribution in [3.63, 3.8) is 0 Å². The van der Waals surface area contributed by atoms with E-state index in [0.717, 1.165) is 6.07 Å². The molecule has 0 amide bonds. The smallest absolute Gasteiger partial charge is 0.132 e. The number of rotatable bonds is 2. The first kappa shape index (κ1) is 13.0. The molecule has 3 nitrogen and oxygen atoms in total. The van der Waals surface area contributed by atoms with Crippen molar-refractivity contribution in [2.24, 2.45) is 0 Å². The van der Waals surface area contributed by atoms with E-state index >= 15 is 0 Å².